The maximum atomic E-state index is 12.3. The summed E-state index contributed by atoms with van der Waals surface area (Å²) in [5, 5.41) is 16.1. The number of aliphatic carboxylic acids is 1. The number of nitrogens with zero attached hydrogens (tertiary/aromatic N) is 2. The highest BCUT2D eigenvalue weighted by Gasteiger charge is 2.44. The molecule has 3 rings (SSSR count). The summed E-state index contributed by atoms with van der Waals surface area (Å²) in [6.45, 7) is 6.99. The summed E-state index contributed by atoms with van der Waals surface area (Å²) in [6, 6.07) is 7.75. The summed E-state index contributed by atoms with van der Waals surface area (Å²) in [5.74, 6) is -0.895. The van der Waals surface area contributed by atoms with Crippen molar-refractivity contribution in [3.05, 3.63) is 29.8 Å². The Labute approximate surface area is 154 Å². The van der Waals surface area contributed by atoms with E-state index in [1.807, 2.05) is 11.0 Å². The minimum atomic E-state index is -1.17. The number of hydrogen-bond acceptors (Lipinski definition) is 5. The van der Waals surface area contributed by atoms with Crippen LogP contribution in [0.2, 0.25) is 0 Å². The Morgan fingerprint density at radius 2 is 1.88 bits per heavy atom. The monoisotopic (exact) mass is 360 g/mol. The molecule has 1 aromatic carbocycles. The van der Waals surface area contributed by atoms with Gasteiger partial charge in [0.15, 0.2) is 0 Å². The predicted molar refractivity (Wildman–Crippen MR) is 100 cm³/mol. The second-order valence-electron chi connectivity index (χ2n) is 7.19. The maximum absolute atomic E-state index is 12.3. The number of carboxylic acids is 1. The van der Waals surface area contributed by atoms with Gasteiger partial charge < -0.3 is 15.7 Å². The largest absolute Gasteiger partial charge is 0.480 e. The summed E-state index contributed by atoms with van der Waals surface area (Å²) >= 11 is 0. The molecule has 7 nitrogen and oxygen atoms in total. The number of piperidine rings is 1. The molecule has 142 valence electrons. The number of carboxylic acid groups (broad SMARTS) is 1. The second-order valence-corrected chi connectivity index (χ2v) is 7.19. The molecule has 1 aromatic rings. The van der Waals surface area contributed by atoms with Crippen molar-refractivity contribution in [3.63, 3.8) is 0 Å². The van der Waals surface area contributed by atoms with E-state index in [1.54, 1.807) is 25.1 Å². The molecule has 0 aliphatic carbocycles. The van der Waals surface area contributed by atoms with E-state index in [0.717, 1.165) is 39.0 Å². The van der Waals surface area contributed by atoms with Crippen LogP contribution in [0.25, 0.3) is 0 Å². The molecule has 1 unspecified atom stereocenters. The van der Waals surface area contributed by atoms with Crippen LogP contribution in [0.1, 0.15) is 25.3 Å². The molecule has 2 heterocycles. The van der Waals surface area contributed by atoms with Crippen molar-refractivity contribution in [2.24, 2.45) is 0 Å². The minimum Gasteiger partial charge on any atom is -0.480 e. The van der Waals surface area contributed by atoms with Gasteiger partial charge in [-0.2, -0.15) is 0 Å². The van der Waals surface area contributed by atoms with Crippen LogP contribution in [-0.4, -0.2) is 72.6 Å². The molecular formula is C19H28N4O3. The van der Waals surface area contributed by atoms with Crippen LogP contribution in [0.5, 0.6) is 0 Å². The first-order valence-electron chi connectivity index (χ1n) is 9.30. The highest BCUT2D eigenvalue weighted by Crippen LogP contribution is 2.35. The average Bonchev–Trinajstić information content (AvgIpc) is 2.69. The molecule has 0 bridgehead atoms. The third-order valence-corrected chi connectivity index (χ3v) is 5.85. The van der Waals surface area contributed by atoms with E-state index in [9.17, 15) is 14.7 Å². The van der Waals surface area contributed by atoms with Crippen molar-refractivity contribution in [1.82, 2.24) is 15.1 Å². The predicted octanol–water partition coefficient (Wildman–Crippen LogP) is 0.924. The van der Waals surface area contributed by atoms with Crippen molar-refractivity contribution in [2.45, 2.75) is 31.3 Å². The van der Waals surface area contributed by atoms with Crippen LogP contribution in [0.15, 0.2) is 24.3 Å². The van der Waals surface area contributed by atoms with Gasteiger partial charge in [-0.3, -0.25) is 14.6 Å². The van der Waals surface area contributed by atoms with E-state index < -0.39 is 11.5 Å². The topological polar surface area (TPSA) is 84.9 Å². The first kappa shape index (κ1) is 18.8. The van der Waals surface area contributed by atoms with Crippen molar-refractivity contribution in [1.29, 1.82) is 0 Å². The summed E-state index contributed by atoms with van der Waals surface area (Å²) in [7, 11) is 0. The van der Waals surface area contributed by atoms with Gasteiger partial charge in [-0.25, -0.2) is 4.79 Å². The Morgan fingerprint density at radius 3 is 2.50 bits per heavy atom. The van der Waals surface area contributed by atoms with Crippen LogP contribution < -0.4 is 10.6 Å². The first-order chi connectivity index (χ1) is 12.6. The maximum Gasteiger partial charge on any atom is 0.328 e. The van der Waals surface area contributed by atoms with Gasteiger partial charge in [0.2, 0.25) is 6.41 Å². The molecule has 0 aromatic heterocycles. The van der Waals surface area contributed by atoms with Crippen molar-refractivity contribution < 1.29 is 14.7 Å². The molecule has 26 heavy (non-hydrogen) atoms. The van der Waals surface area contributed by atoms with Crippen molar-refractivity contribution in [2.75, 3.05) is 44.6 Å². The Hall–Kier alpha value is -1.96. The number of carbonyl (C=O) groups excluding carboxylic acids is 1. The fourth-order valence-corrected chi connectivity index (χ4v) is 4.22. The van der Waals surface area contributed by atoms with Crippen LogP contribution in [0.4, 0.5) is 5.69 Å². The highest BCUT2D eigenvalue weighted by atomic mass is 16.4. The fourth-order valence-electron chi connectivity index (χ4n) is 4.22. The summed E-state index contributed by atoms with van der Waals surface area (Å²) < 4.78 is 0. The lowest BCUT2D eigenvalue weighted by molar-refractivity contribution is -0.153. The Balaban J connectivity index is 1.78. The zero-order chi connectivity index (χ0) is 18.6. The number of nitrogens with one attached hydrogen (secondary N) is 2. The lowest BCUT2D eigenvalue weighted by Crippen LogP contribution is -2.59. The summed E-state index contributed by atoms with van der Waals surface area (Å²) in [6.07, 6.45) is 2.90. The number of para-hydroxylation sites is 1. The fraction of sp³-hybridized carbons (Fsp3) is 0.579. The highest BCUT2D eigenvalue weighted by molar-refractivity contribution is 5.85. The number of anilines is 1. The van der Waals surface area contributed by atoms with E-state index in [1.165, 1.54) is 0 Å². The minimum absolute atomic E-state index is 0.549. The molecule has 1 amide bonds. The van der Waals surface area contributed by atoms with Gasteiger partial charge in [0, 0.05) is 43.5 Å². The summed E-state index contributed by atoms with van der Waals surface area (Å²) in [4.78, 5) is 27.7. The smallest absolute Gasteiger partial charge is 0.328 e. The van der Waals surface area contributed by atoms with Gasteiger partial charge >= 0.3 is 5.97 Å². The normalized spacial score (nSPS) is 22.5. The number of amides is 1. The molecule has 1 atom stereocenters. The standard InChI is InChI=1S/C19H28N4O3/c1-19(18(25)26,16-4-2-3-5-17(16)21-14-24)23-12-10-22(11-13-23)15-6-8-20-9-7-15/h2-5,14-15,20H,6-13H2,1H3,(H,21,24)(H,25,26). The molecule has 0 radical (unpaired) electrons. The van der Waals surface area contributed by atoms with Gasteiger partial charge in [-0.05, 0) is 38.9 Å². The van der Waals surface area contributed by atoms with Gasteiger partial charge in [-0.1, -0.05) is 18.2 Å². The lowest BCUT2D eigenvalue weighted by Gasteiger charge is -2.46. The zero-order valence-corrected chi connectivity index (χ0v) is 15.3. The van der Waals surface area contributed by atoms with E-state index in [-0.39, 0.29) is 0 Å². The number of piperazine rings is 1. The van der Waals surface area contributed by atoms with Gasteiger partial charge in [0.1, 0.15) is 5.54 Å². The lowest BCUT2D eigenvalue weighted by atomic mass is 9.87. The van der Waals surface area contributed by atoms with E-state index >= 15 is 0 Å². The first-order valence-corrected chi connectivity index (χ1v) is 9.30. The van der Waals surface area contributed by atoms with Crippen molar-refractivity contribution in [3.8, 4) is 0 Å². The molecule has 2 saturated heterocycles. The molecule has 0 saturated carbocycles. The molecule has 2 fully saturated rings. The van der Waals surface area contributed by atoms with E-state index in [4.69, 9.17) is 0 Å². The third-order valence-electron chi connectivity index (χ3n) is 5.85. The number of hydrogen-bond donors (Lipinski definition) is 3. The molecule has 2 aliphatic heterocycles. The van der Waals surface area contributed by atoms with Crippen LogP contribution >= 0.6 is 0 Å². The van der Waals surface area contributed by atoms with Gasteiger partial charge in [-0.15, -0.1) is 0 Å². The van der Waals surface area contributed by atoms with Gasteiger partial charge in [0.25, 0.3) is 0 Å². The molecule has 7 heteroatoms. The SMILES string of the molecule is CC(C(=O)O)(c1ccccc1NC=O)N1CCN(C2CCNCC2)CC1. The molecule has 0 spiro atoms. The quantitative estimate of drug-likeness (QED) is 0.655. The number of carbonyl (C=O) groups is 2. The van der Waals surface area contributed by atoms with Crippen molar-refractivity contribution >= 4 is 18.1 Å². The Bertz CT molecular complexity index is 639. The second kappa shape index (κ2) is 8.16. The number of rotatable bonds is 6. The molecule has 2 aliphatic rings. The molecule has 3 N–H and O–H groups in total. The van der Waals surface area contributed by atoms with Crippen LogP contribution in [0.3, 0.4) is 0 Å². The van der Waals surface area contributed by atoms with E-state index in [0.29, 0.717) is 36.8 Å². The van der Waals surface area contributed by atoms with Crippen LogP contribution in [-0.2, 0) is 15.1 Å². The number of benzene rings is 1. The average molecular weight is 360 g/mol. The zero-order valence-electron chi connectivity index (χ0n) is 15.3. The summed E-state index contributed by atoms with van der Waals surface area (Å²) in [5.41, 5.74) is -0.00426. The Kier molecular flexibility index (Phi) is 5.90. The third kappa shape index (κ3) is 3.60. The van der Waals surface area contributed by atoms with Gasteiger partial charge in [0.05, 0.1) is 0 Å². The van der Waals surface area contributed by atoms with Crippen LogP contribution in [0, 0.1) is 0 Å². The Morgan fingerprint density at radius 1 is 1.23 bits per heavy atom. The molecular weight excluding hydrogens is 332 g/mol. The van der Waals surface area contributed by atoms with E-state index in [2.05, 4.69) is 15.5 Å².